The van der Waals surface area contributed by atoms with E-state index in [2.05, 4.69) is 17.6 Å². The van der Waals surface area contributed by atoms with Gasteiger partial charge < -0.3 is 20.6 Å². The summed E-state index contributed by atoms with van der Waals surface area (Å²) >= 11 is 1.68. The van der Waals surface area contributed by atoms with Crippen molar-refractivity contribution in [3.8, 4) is 0 Å². The first-order valence-corrected chi connectivity index (χ1v) is 11.0. The van der Waals surface area contributed by atoms with E-state index in [1.165, 1.54) is 0 Å². The predicted octanol–water partition coefficient (Wildman–Crippen LogP) is 0.512. The van der Waals surface area contributed by atoms with Crippen LogP contribution in [0.2, 0.25) is 0 Å². The van der Waals surface area contributed by atoms with Crippen LogP contribution in [0, 0.1) is 11.8 Å². The van der Waals surface area contributed by atoms with Gasteiger partial charge in [0.2, 0.25) is 17.7 Å². The summed E-state index contributed by atoms with van der Waals surface area (Å²) in [6, 6.07) is -0.548. The molecule has 7 nitrogen and oxygen atoms in total. The van der Waals surface area contributed by atoms with Gasteiger partial charge in [-0.1, -0.05) is 19.8 Å². The fourth-order valence-corrected chi connectivity index (χ4v) is 7.30. The van der Waals surface area contributed by atoms with Crippen LogP contribution in [-0.4, -0.2) is 70.5 Å². The molecular formula is C19H31N3O4S. The number of likely N-dealkylation sites (tertiary alicyclic amines) is 1. The van der Waals surface area contributed by atoms with E-state index in [0.717, 1.165) is 32.1 Å². The maximum atomic E-state index is 13.3. The summed E-state index contributed by atoms with van der Waals surface area (Å²) in [7, 11) is 1.60. The van der Waals surface area contributed by atoms with Gasteiger partial charge in [0.05, 0.1) is 16.6 Å². The number of fused-ring (bicyclic) bond motifs is 1. The van der Waals surface area contributed by atoms with Crippen molar-refractivity contribution in [2.24, 2.45) is 11.8 Å². The molecule has 3 heterocycles. The van der Waals surface area contributed by atoms with Crippen molar-refractivity contribution >= 4 is 29.5 Å². The Balaban J connectivity index is 1.86. The van der Waals surface area contributed by atoms with Crippen molar-refractivity contribution < 1.29 is 19.5 Å². The number of aliphatic hydroxyl groups excluding tert-OH is 1. The molecule has 3 N–H and O–H groups in total. The Bertz CT molecular complexity index is 602. The summed E-state index contributed by atoms with van der Waals surface area (Å²) in [6.45, 7) is 3.05. The first-order valence-electron chi connectivity index (χ1n) is 10.1. The van der Waals surface area contributed by atoms with Gasteiger partial charge in [-0.15, -0.1) is 11.8 Å². The Morgan fingerprint density at radius 2 is 2.07 bits per heavy atom. The van der Waals surface area contributed by atoms with E-state index in [-0.39, 0.29) is 35.5 Å². The van der Waals surface area contributed by atoms with Crippen LogP contribution in [0.3, 0.4) is 0 Å². The minimum absolute atomic E-state index is 0.0269. The van der Waals surface area contributed by atoms with E-state index in [0.29, 0.717) is 19.5 Å². The van der Waals surface area contributed by atoms with Crippen molar-refractivity contribution in [2.75, 3.05) is 26.7 Å². The fraction of sp³-hybridized carbons (Fsp3) is 0.842. The van der Waals surface area contributed by atoms with Gasteiger partial charge in [0.1, 0.15) is 6.04 Å². The third-order valence-corrected chi connectivity index (χ3v) is 8.19. The molecule has 0 radical (unpaired) electrons. The zero-order valence-electron chi connectivity index (χ0n) is 16.2. The number of carbonyl (C=O) groups is 3. The second-order valence-electron chi connectivity index (χ2n) is 7.78. The molecule has 3 saturated heterocycles. The molecular weight excluding hydrogens is 366 g/mol. The molecule has 8 heteroatoms. The molecule has 0 aromatic rings. The summed E-state index contributed by atoms with van der Waals surface area (Å²) in [5.74, 6) is -1.10. The molecule has 0 aromatic heterocycles. The topological polar surface area (TPSA) is 98.7 Å². The van der Waals surface area contributed by atoms with Crippen molar-refractivity contribution in [2.45, 2.75) is 61.5 Å². The maximum absolute atomic E-state index is 13.3. The highest BCUT2D eigenvalue weighted by Crippen LogP contribution is 2.66. The number of amides is 3. The minimum atomic E-state index is -0.548. The van der Waals surface area contributed by atoms with Crippen LogP contribution in [0.25, 0.3) is 0 Å². The van der Waals surface area contributed by atoms with Gasteiger partial charge in [-0.3, -0.25) is 14.4 Å². The van der Waals surface area contributed by atoms with Crippen LogP contribution < -0.4 is 10.6 Å². The molecule has 0 aliphatic carbocycles. The number of carbonyl (C=O) groups excluding carboxylic acids is 3. The number of rotatable bonds is 9. The lowest BCUT2D eigenvalue weighted by Gasteiger charge is -2.34. The highest BCUT2D eigenvalue weighted by Gasteiger charge is 2.73. The summed E-state index contributed by atoms with van der Waals surface area (Å²) < 4.78 is -0.511. The molecule has 152 valence electrons. The molecule has 3 aliphatic heterocycles. The zero-order valence-corrected chi connectivity index (χ0v) is 17.0. The summed E-state index contributed by atoms with van der Waals surface area (Å²) in [4.78, 5) is 40.5. The SMILES string of the molecule is CCCCCNC(=O)C1N(CCCO)C(=O)[C@@H]2[C@H](C(=O)NC)[C@@H]3CCC12S3. The average molecular weight is 398 g/mol. The van der Waals surface area contributed by atoms with E-state index in [4.69, 9.17) is 0 Å². The molecule has 2 bridgehead atoms. The number of hydrogen-bond donors (Lipinski definition) is 3. The first kappa shape index (κ1) is 20.5. The monoisotopic (exact) mass is 397 g/mol. The Kier molecular flexibility index (Phi) is 6.35. The molecule has 3 fully saturated rings. The third kappa shape index (κ3) is 3.35. The normalized spacial score (nSPS) is 34.0. The predicted molar refractivity (Wildman–Crippen MR) is 104 cm³/mol. The van der Waals surface area contributed by atoms with E-state index >= 15 is 0 Å². The number of nitrogens with one attached hydrogen (secondary N) is 2. The van der Waals surface area contributed by atoms with Crippen LogP contribution in [0.1, 0.15) is 45.4 Å². The largest absolute Gasteiger partial charge is 0.396 e. The number of thioether (sulfide) groups is 1. The number of unbranched alkanes of at least 4 members (excludes halogenated alkanes) is 2. The third-order valence-electron chi connectivity index (χ3n) is 6.23. The van der Waals surface area contributed by atoms with Crippen molar-refractivity contribution in [3.05, 3.63) is 0 Å². The van der Waals surface area contributed by atoms with Crippen molar-refractivity contribution in [1.82, 2.24) is 15.5 Å². The smallest absolute Gasteiger partial charge is 0.244 e. The van der Waals surface area contributed by atoms with Crippen LogP contribution in [0.4, 0.5) is 0 Å². The number of hydrogen-bond acceptors (Lipinski definition) is 5. The van der Waals surface area contributed by atoms with Gasteiger partial charge >= 0.3 is 0 Å². The van der Waals surface area contributed by atoms with E-state index in [1.54, 1.807) is 23.7 Å². The van der Waals surface area contributed by atoms with Crippen molar-refractivity contribution in [3.63, 3.8) is 0 Å². The standard InChI is InChI=1S/C19H31N3O4S/c1-3-4-5-9-21-17(25)15-19-8-7-12(27-19)13(16(24)20-2)14(19)18(26)22(15)10-6-11-23/h12-15,23H,3-11H2,1-2H3,(H,20,24)(H,21,25)/t12-,13+,14-,15?,19?/m0/s1. The van der Waals surface area contributed by atoms with Gasteiger partial charge in [0.15, 0.2) is 0 Å². The minimum Gasteiger partial charge on any atom is -0.396 e. The Morgan fingerprint density at radius 3 is 2.74 bits per heavy atom. The van der Waals surface area contributed by atoms with Crippen LogP contribution in [-0.2, 0) is 14.4 Å². The van der Waals surface area contributed by atoms with Gasteiger partial charge in [-0.05, 0) is 25.7 Å². The lowest BCUT2D eigenvalue weighted by molar-refractivity contribution is -0.140. The highest BCUT2D eigenvalue weighted by atomic mass is 32.2. The Hall–Kier alpha value is -1.28. The fourth-order valence-electron chi connectivity index (χ4n) is 5.09. The van der Waals surface area contributed by atoms with Gasteiger partial charge in [-0.2, -0.15) is 0 Å². The molecule has 3 rings (SSSR count). The second kappa shape index (κ2) is 8.39. The van der Waals surface area contributed by atoms with E-state index in [1.807, 2.05) is 0 Å². The molecule has 1 spiro atoms. The summed E-state index contributed by atoms with van der Waals surface area (Å²) in [5.41, 5.74) is 0. The van der Waals surface area contributed by atoms with Crippen LogP contribution >= 0.6 is 11.8 Å². The highest BCUT2D eigenvalue weighted by molar-refractivity contribution is 8.02. The first-order chi connectivity index (χ1) is 13.0. The molecule has 2 unspecified atom stereocenters. The molecule has 3 aliphatic rings. The molecule has 0 saturated carbocycles. The summed E-state index contributed by atoms with van der Waals surface area (Å²) in [5, 5.41) is 15.1. The van der Waals surface area contributed by atoms with Gasteiger partial charge in [0, 0.05) is 32.0 Å². The Morgan fingerprint density at radius 1 is 1.30 bits per heavy atom. The van der Waals surface area contributed by atoms with Crippen molar-refractivity contribution in [1.29, 1.82) is 0 Å². The second-order valence-corrected chi connectivity index (χ2v) is 9.38. The lowest BCUT2D eigenvalue weighted by Crippen LogP contribution is -2.54. The van der Waals surface area contributed by atoms with Crippen LogP contribution in [0.5, 0.6) is 0 Å². The average Bonchev–Trinajstić information content (AvgIpc) is 3.30. The molecule has 0 aromatic carbocycles. The molecule has 27 heavy (non-hydrogen) atoms. The number of nitrogens with zero attached hydrogens (tertiary/aromatic N) is 1. The maximum Gasteiger partial charge on any atom is 0.244 e. The van der Waals surface area contributed by atoms with E-state index < -0.39 is 16.7 Å². The lowest BCUT2D eigenvalue weighted by atomic mass is 9.71. The molecule has 5 atom stereocenters. The number of aliphatic hydroxyl groups is 1. The summed E-state index contributed by atoms with van der Waals surface area (Å²) in [6.07, 6.45) is 5.15. The van der Waals surface area contributed by atoms with Gasteiger partial charge in [-0.25, -0.2) is 0 Å². The quantitative estimate of drug-likeness (QED) is 0.493. The van der Waals surface area contributed by atoms with Gasteiger partial charge in [0.25, 0.3) is 0 Å². The molecule has 3 amide bonds. The van der Waals surface area contributed by atoms with E-state index in [9.17, 15) is 19.5 Å². The van der Waals surface area contributed by atoms with Crippen LogP contribution in [0.15, 0.2) is 0 Å². The zero-order chi connectivity index (χ0) is 19.6. The Labute approximate surface area is 165 Å².